The van der Waals surface area contributed by atoms with Gasteiger partial charge in [-0.3, -0.25) is 14.5 Å². The van der Waals surface area contributed by atoms with Crippen LogP contribution in [0, 0.1) is 5.82 Å². The van der Waals surface area contributed by atoms with Crippen molar-refractivity contribution >= 4 is 33.4 Å². The first-order valence-electron chi connectivity index (χ1n) is 6.54. The maximum Gasteiger partial charge on any atom is 0.250 e. The summed E-state index contributed by atoms with van der Waals surface area (Å²) in [5.74, 6) is -0.870. The second-order valence-corrected chi connectivity index (χ2v) is 5.68. The van der Waals surface area contributed by atoms with Gasteiger partial charge in [0.2, 0.25) is 11.8 Å². The smallest absolute Gasteiger partial charge is 0.250 e. The minimum absolute atomic E-state index is 0.203. The Labute approximate surface area is 125 Å². The summed E-state index contributed by atoms with van der Waals surface area (Å²) in [6, 6.07) is 2.90. The van der Waals surface area contributed by atoms with Gasteiger partial charge in [-0.05, 0) is 47.5 Å². The fraction of sp³-hybridized carbons (Fsp3) is 0.429. The number of hydrogen-bond donors (Lipinski definition) is 1. The third-order valence-corrected chi connectivity index (χ3v) is 4.03. The highest BCUT2D eigenvalue weighted by Crippen LogP contribution is 2.31. The van der Waals surface area contributed by atoms with Crippen LogP contribution in [0.2, 0.25) is 0 Å². The molecule has 1 heterocycles. The van der Waals surface area contributed by atoms with Crippen LogP contribution in [0.25, 0.3) is 0 Å². The molecule has 0 spiro atoms. The number of carbonyl (C=O) groups excluding carboxylic acids is 2. The van der Waals surface area contributed by atoms with Gasteiger partial charge in [-0.2, -0.15) is 0 Å². The fourth-order valence-electron chi connectivity index (χ4n) is 2.31. The van der Waals surface area contributed by atoms with E-state index in [1.807, 2.05) is 6.92 Å². The first-order valence-corrected chi connectivity index (χ1v) is 7.33. The second-order valence-electron chi connectivity index (χ2n) is 4.83. The van der Waals surface area contributed by atoms with E-state index in [-0.39, 0.29) is 11.8 Å². The van der Waals surface area contributed by atoms with Gasteiger partial charge in [-0.25, -0.2) is 4.39 Å². The van der Waals surface area contributed by atoms with Gasteiger partial charge < -0.3 is 5.32 Å². The number of piperazine rings is 1. The standard InChI is InChI=1S/C14H16BrFN2O2/c1-3-4-11-14(20)18(8(2)13(19)17-11)12-7-9(16)5-6-10(12)15/h5-8,11H,3-4H2,1-2H3,(H,17,19). The van der Waals surface area contributed by atoms with E-state index in [1.165, 1.54) is 23.1 Å². The summed E-state index contributed by atoms with van der Waals surface area (Å²) >= 11 is 3.31. The van der Waals surface area contributed by atoms with Crippen LogP contribution in [0.1, 0.15) is 26.7 Å². The topological polar surface area (TPSA) is 49.4 Å². The Morgan fingerprint density at radius 2 is 2.10 bits per heavy atom. The lowest BCUT2D eigenvalue weighted by molar-refractivity contribution is -0.133. The predicted octanol–water partition coefficient (Wildman–Crippen LogP) is 2.61. The van der Waals surface area contributed by atoms with Crippen molar-refractivity contribution in [2.24, 2.45) is 0 Å². The van der Waals surface area contributed by atoms with Crippen LogP contribution >= 0.6 is 15.9 Å². The number of nitrogens with one attached hydrogen (secondary N) is 1. The molecule has 0 saturated carbocycles. The van der Waals surface area contributed by atoms with E-state index in [4.69, 9.17) is 0 Å². The molecule has 1 aromatic rings. The van der Waals surface area contributed by atoms with E-state index in [0.29, 0.717) is 16.6 Å². The van der Waals surface area contributed by atoms with Crippen molar-refractivity contribution in [3.63, 3.8) is 0 Å². The molecule has 108 valence electrons. The number of benzene rings is 1. The molecule has 0 aromatic heterocycles. The minimum Gasteiger partial charge on any atom is -0.342 e. The molecule has 20 heavy (non-hydrogen) atoms. The second kappa shape index (κ2) is 5.91. The molecular weight excluding hydrogens is 327 g/mol. The Morgan fingerprint density at radius 1 is 1.40 bits per heavy atom. The Hall–Kier alpha value is -1.43. The molecule has 2 unspecified atom stereocenters. The number of nitrogens with zero attached hydrogens (tertiary/aromatic N) is 1. The van der Waals surface area contributed by atoms with E-state index in [1.54, 1.807) is 6.92 Å². The van der Waals surface area contributed by atoms with Crippen molar-refractivity contribution in [1.29, 1.82) is 0 Å². The van der Waals surface area contributed by atoms with Gasteiger partial charge in [0.25, 0.3) is 0 Å². The van der Waals surface area contributed by atoms with Crippen molar-refractivity contribution in [3.05, 3.63) is 28.5 Å². The van der Waals surface area contributed by atoms with Crippen LogP contribution in [0.3, 0.4) is 0 Å². The zero-order valence-corrected chi connectivity index (χ0v) is 12.9. The number of rotatable bonds is 3. The molecule has 1 aliphatic rings. The molecule has 2 rings (SSSR count). The zero-order valence-electron chi connectivity index (χ0n) is 11.3. The molecule has 1 aliphatic heterocycles. The van der Waals surface area contributed by atoms with Gasteiger partial charge in [-0.15, -0.1) is 0 Å². The zero-order chi connectivity index (χ0) is 14.9. The van der Waals surface area contributed by atoms with Crippen LogP contribution in [-0.2, 0) is 9.59 Å². The van der Waals surface area contributed by atoms with Crippen LogP contribution in [0.15, 0.2) is 22.7 Å². The molecule has 2 amide bonds. The van der Waals surface area contributed by atoms with Crippen LogP contribution in [-0.4, -0.2) is 23.9 Å². The monoisotopic (exact) mass is 342 g/mol. The average Bonchev–Trinajstić information content (AvgIpc) is 2.40. The molecule has 1 saturated heterocycles. The highest BCUT2D eigenvalue weighted by molar-refractivity contribution is 9.10. The summed E-state index contributed by atoms with van der Waals surface area (Å²) in [7, 11) is 0. The molecule has 4 nitrogen and oxygen atoms in total. The van der Waals surface area contributed by atoms with Crippen LogP contribution in [0.5, 0.6) is 0 Å². The van der Waals surface area contributed by atoms with Gasteiger partial charge in [0.1, 0.15) is 17.9 Å². The normalized spacial score (nSPS) is 22.9. The largest absolute Gasteiger partial charge is 0.342 e. The molecule has 2 atom stereocenters. The summed E-state index contributed by atoms with van der Waals surface area (Å²) < 4.78 is 14.0. The first kappa shape index (κ1) is 15.0. The van der Waals surface area contributed by atoms with Crippen molar-refractivity contribution < 1.29 is 14.0 Å². The maximum atomic E-state index is 13.4. The summed E-state index contributed by atoms with van der Waals surface area (Å²) in [6.45, 7) is 3.58. The van der Waals surface area contributed by atoms with Crippen LogP contribution in [0.4, 0.5) is 10.1 Å². The number of halogens is 2. The third kappa shape index (κ3) is 2.70. The third-order valence-electron chi connectivity index (χ3n) is 3.36. The lowest BCUT2D eigenvalue weighted by atomic mass is 10.0. The van der Waals surface area contributed by atoms with Gasteiger partial charge in [0.15, 0.2) is 0 Å². The Bertz CT molecular complexity index is 550. The molecule has 0 aliphatic carbocycles. The molecule has 1 N–H and O–H groups in total. The van der Waals surface area contributed by atoms with Gasteiger partial charge in [0, 0.05) is 4.47 Å². The fourth-order valence-corrected chi connectivity index (χ4v) is 2.75. The van der Waals surface area contributed by atoms with Crippen molar-refractivity contribution in [3.8, 4) is 0 Å². The molecule has 1 fully saturated rings. The first-order chi connectivity index (χ1) is 9.45. The Balaban J connectivity index is 2.43. The highest BCUT2D eigenvalue weighted by atomic mass is 79.9. The maximum absolute atomic E-state index is 13.4. The van der Waals surface area contributed by atoms with Gasteiger partial charge >= 0.3 is 0 Å². The lowest BCUT2D eigenvalue weighted by Gasteiger charge is -2.37. The average molecular weight is 343 g/mol. The number of carbonyl (C=O) groups is 2. The van der Waals surface area contributed by atoms with E-state index < -0.39 is 17.9 Å². The number of hydrogen-bond acceptors (Lipinski definition) is 2. The molecule has 0 radical (unpaired) electrons. The minimum atomic E-state index is -0.659. The summed E-state index contributed by atoms with van der Waals surface area (Å²) in [4.78, 5) is 25.9. The highest BCUT2D eigenvalue weighted by Gasteiger charge is 2.39. The Kier molecular flexibility index (Phi) is 4.42. The summed E-state index contributed by atoms with van der Waals surface area (Å²) in [6.07, 6.45) is 1.35. The lowest BCUT2D eigenvalue weighted by Crippen LogP contribution is -2.62. The SMILES string of the molecule is CCCC1NC(=O)C(C)N(c2cc(F)ccc2Br)C1=O. The van der Waals surface area contributed by atoms with Crippen molar-refractivity contribution in [1.82, 2.24) is 5.32 Å². The van der Waals surface area contributed by atoms with Crippen molar-refractivity contribution in [2.75, 3.05) is 4.90 Å². The molecule has 6 heteroatoms. The van der Waals surface area contributed by atoms with E-state index in [9.17, 15) is 14.0 Å². The van der Waals surface area contributed by atoms with Gasteiger partial charge in [-0.1, -0.05) is 13.3 Å². The van der Waals surface area contributed by atoms with E-state index in [0.717, 1.165) is 6.42 Å². The number of anilines is 1. The number of amides is 2. The molecular formula is C14H16BrFN2O2. The van der Waals surface area contributed by atoms with Crippen molar-refractivity contribution in [2.45, 2.75) is 38.8 Å². The van der Waals surface area contributed by atoms with E-state index >= 15 is 0 Å². The predicted molar refractivity (Wildman–Crippen MR) is 77.9 cm³/mol. The van der Waals surface area contributed by atoms with Gasteiger partial charge in [0.05, 0.1) is 5.69 Å². The summed E-state index contributed by atoms with van der Waals surface area (Å²) in [5.41, 5.74) is 0.387. The molecule has 1 aromatic carbocycles. The summed E-state index contributed by atoms with van der Waals surface area (Å²) in [5, 5.41) is 2.71. The Morgan fingerprint density at radius 3 is 2.75 bits per heavy atom. The molecule has 0 bridgehead atoms. The van der Waals surface area contributed by atoms with Crippen LogP contribution < -0.4 is 10.2 Å². The quantitative estimate of drug-likeness (QED) is 0.917. The van der Waals surface area contributed by atoms with E-state index in [2.05, 4.69) is 21.2 Å².